The molecule has 1 aromatic carbocycles. The van der Waals surface area contributed by atoms with Crippen LogP contribution in [-0.2, 0) is 14.4 Å². The highest BCUT2D eigenvalue weighted by Crippen LogP contribution is 2.39. The first-order valence-electron chi connectivity index (χ1n) is 9.92. The third-order valence-corrected chi connectivity index (χ3v) is 5.95. The van der Waals surface area contributed by atoms with E-state index < -0.39 is 5.41 Å². The zero-order chi connectivity index (χ0) is 18.7. The van der Waals surface area contributed by atoms with Gasteiger partial charge in [0, 0.05) is 38.2 Å². The monoisotopic (exact) mass is 372 g/mol. The Morgan fingerprint density at radius 1 is 1.30 bits per heavy atom. The van der Waals surface area contributed by atoms with Crippen molar-refractivity contribution in [2.24, 2.45) is 16.5 Å². The molecule has 2 heterocycles. The van der Waals surface area contributed by atoms with Crippen LogP contribution in [0.1, 0.15) is 44.1 Å². The number of amides is 1. The van der Waals surface area contributed by atoms with Crippen LogP contribution >= 0.6 is 0 Å². The molecule has 1 N–H and O–H groups in total. The first-order chi connectivity index (χ1) is 13.2. The molecule has 27 heavy (non-hydrogen) atoms. The second kappa shape index (κ2) is 7.89. The van der Waals surface area contributed by atoms with Gasteiger partial charge in [-0.2, -0.15) is 0 Å². The highest BCUT2D eigenvalue weighted by atomic mass is 16.6. The Morgan fingerprint density at radius 3 is 2.81 bits per heavy atom. The lowest BCUT2D eigenvalue weighted by molar-refractivity contribution is -0.140. The summed E-state index contributed by atoms with van der Waals surface area (Å²) >= 11 is 0. The van der Waals surface area contributed by atoms with Crippen molar-refractivity contribution in [2.45, 2.75) is 44.6 Å². The fourth-order valence-corrected chi connectivity index (χ4v) is 4.05. The van der Waals surface area contributed by atoms with Crippen molar-refractivity contribution in [3.8, 4) is 5.75 Å². The lowest BCUT2D eigenvalue weighted by atomic mass is 9.74. The average Bonchev–Trinajstić information content (AvgIpc) is 3.44. The molecule has 1 atom stereocenters. The normalized spacial score (nSPS) is 24.0. The van der Waals surface area contributed by atoms with Crippen LogP contribution in [0.3, 0.4) is 0 Å². The molecule has 1 aliphatic carbocycles. The van der Waals surface area contributed by atoms with E-state index in [9.17, 15) is 4.79 Å². The predicted molar refractivity (Wildman–Crippen MR) is 102 cm³/mol. The highest BCUT2D eigenvalue weighted by Gasteiger charge is 2.44. The number of carbonyl (C=O) groups excluding carboxylic acids is 1. The van der Waals surface area contributed by atoms with Crippen molar-refractivity contribution < 1.29 is 19.1 Å². The van der Waals surface area contributed by atoms with E-state index in [4.69, 9.17) is 14.3 Å². The van der Waals surface area contributed by atoms with Crippen molar-refractivity contribution in [1.82, 2.24) is 5.32 Å². The van der Waals surface area contributed by atoms with E-state index in [0.717, 1.165) is 36.4 Å². The first kappa shape index (κ1) is 18.3. The lowest BCUT2D eigenvalue weighted by Crippen LogP contribution is -2.47. The Hall–Kier alpha value is -2.08. The molecule has 0 radical (unpaired) electrons. The minimum absolute atomic E-state index is 0.0883. The van der Waals surface area contributed by atoms with Gasteiger partial charge in [0.25, 0.3) is 0 Å². The summed E-state index contributed by atoms with van der Waals surface area (Å²) in [6, 6.07) is 7.84. The zero-order valence-corrected chi connectivity index (χ0v) is 15.9. The van der Waals surface area contributed by atoms with Gasteiger partial charge in [-0.05, 0) is 43.7 Å². The zero-order valence-electron chi connectivity index (χ0n) is 15.9. The largest absolute Gasteiger partial charge is 0.496 e. The molecule has 1 aromatic rings. The summed E-state index contributed by atoms with van der Waals surface area (Å²) in [6.07, 6.45) is 5.24. The fraction of sp³-hybridized carbons (Fsp3) is 0.619. The molecule has 1 saturated heterocycles. The van der Waals surface area contributed by atoms with E-state index in [-0.39, 0.29) is 12.0 Å². The highest BCUT2D eigenvalue weighted by molar-refractivity contribution is 6.03. The number of rotatable bonds is 7. The van der Waals surface area contributed by atoms with Crippen LogP contribution in [0.2, 0.25) is 0 Å². The molecule has 6 nitrogen and oxygen atoms in total. The van der Waals surface area contributed by atoms with Crippen molar-refractivity contribution in [2.75, 3.05) is 26.9 Å². The van der Waals surface area contributed by atoms with Crippen LogP contribution in [-0.4, -0.2) is 44.6 Å². The van der Waals surface area contributed by atoms with Crippen LogP contribution in [0.15, 0.2) is 29.4 Å². The predicted octanol–water partition coefficient (Wildman–Crippen LogP) is 2.90. The van der Waals surface area contributed by atoms with Crippen LogP contribution in [0.5, 0.6) is 5.75 Å². The molecular formula is C21H28N2O4. The van der Waals surface area contributed by atoms with Crippen molar-refractivity contribution in [3.05, 3.63) is 29.8 Å². The summed E-state index contributed by atoms with van der Waals surface area (Å²) in [5.41, 5.74) is 1.43. The minimum Gasteiger partial charge on any atom is -0.496 e. The number of nitrogens with zero attached hydrogens (tertiary/aromatic N) is 1. The molecule has 2 fully saturated rings. The van der Waals surface area contributed by atoms with Crippen molar-refractivity contribution in [3.63, 3.8) is 0 Å². The molecule has 1 unspecified atom stereocenters. The smallest absolute Gasteiger partial charge is 0.226 e. The number of nitrogens with one attached hydrogen (secondary N) is 1. The maximum atomic E-state index is 13.0. The van der Waals surface area contributed by atoms with Gasteiger partial charge in [-0.1, -0.05) is 17.3 Å². The number of oxime groups is 1. The average molecular weight is 372 g/mol. The Labute approximate surface area is 160 Å². The second-order valence-electron chi connectivity index (χ2n) is 7.92. The lowest BCUT2D eigenvalue weighted by Gasteiger charge is -2.37. The third kappa shape index (κ3) is 4.10. The number of hydrogen-bond donors (Lipinski definition) is 1. The van der Waals surface area contributed by atoms with E-state index in [1.54, 1.807) is 7.11 Å². The fourth-order valence-electron chi connectivity index (χ4n) is 4.05. The molecular weight excluding hydrogens is 344 g/mol. The second-order valence-corrected chi connectivity index (χ2v) is 7.92. The first-order valence-corrected chi connectivity index (χ1v) is 9.92. The third-order valence-electron chi connectivity index (χ3n) is 5.95. The molecule has 0 aromatic heterocycles. The van der Waals surface area contributed by atoms with Gasteiger partial charge in [0.05, 0.1) is 18.2 Å². The number of benzene rings is 1. The summed E-state index contributed by atoms with van der Waals surface area (Å²) in [7, 11) is 1.66. The standard InChI is InChI=1S/C21H28N2O4/c1-25-19-5-3-2-4-17(19)18-12-16(27-23-18)13-21(8-10-26-11-9-21)20(24)22-14-15-6-7-15/h2-5,15-16H,6-14H2,1H3,(H,22,24). The summed E-state index contributed by atoms with van der Waals surface area (Å²) in [5, 5.41) is 7.49. The quantitative estimate of drug-likeness (QED) is 0.799. The summed E-state index contributed by atoms with van der Waals surface area (Å²) in [5.74, 6) is 1.63. The molecule has 3 aliphatic rings. The molecule has 0 spiro atoms. The van der Waals surface area contributed by atoms with Gasteiger partial charge in [-0.3, -0.25) is 4.79 Å². The van der Waals surface area contributed by atoms with E-state index in [0.29, 0.717) is 32.0 Å². The number of methoxy groups -OCH3 is 1. The van der Waals surface area contributed by atoms with Gasteiger partial charge < -0.3 is 19.6 Å². The molecule has 0 bridgehead atoms. The molecule has 146 valence electrons. The van der Waals surface area contributed by atoms with E-state index in [2.05, 4.69) is 10.5 Å². The van der Waals surface area contributed by atoms with E-state index in [1.807, 2.05) is 24.3 Å². The van der Waals surface area contributed by atoms with Gasteiger partial charge in [0.1, 0.15) is 11.9 Å². The van der Waals surface area contributed by atoms with Crippen molar-refractivity contribution >= 4 is 11.6 Å². The number of carbonyl (C=O) groups is 1. The Morgan fingerprint density at radius 2 is 2.07 bits per heavy atom. The summed E-state index contributed by atoms with van der Waals surface area (Å²) < 4.78 is 11.0. The maximum Gasteiger partial charge on any atom is 0.226 e. The Bertz CT molecular complexity index is 708. The molecule has 1 saturated carbocycles. The molecule has 2 aliphatic heterocycles. The molecule has 6 heteroatoms. The topological polar surface area (TPSA) is 69.2 Å². The van der Waals surface area contributed by atoms with E-state index >= 15 is 0 Å². The van der Waals surface area contributed by atoms with Gasteiger partial charge in [0.2, 0.25) is 5.91 Å². The van der Waals surface area contributed by atoms with Crippen LogP contribution < -0.4 is 10.1 Å². The number of ether oxygens (including phenoxy) is 2. The van der Waals surface area contributed by atoms with Gasteiger partial charge in [-0.25, -0.2) is 0 Å². The van der Waals surface area contributed by atoms with Gasteiger partial charge in [0.15, 0.2) is 0 Å². The Balaban J connectivity index is 1.42. The van der Waals surface area contributed by atoms with Crippen LogP contribution in [0, 0.1) is 11.3 Å². The Kier molecular flexibility index (Phi) is 5.34. The minimum atomic E-state index is -0.413. The van der Waals surface area contributed by atoms with Crippen LogP contribution in [0.25, 0.3) is 0 Å². The SMILES string of the molecule is COc1ccccc1C1=NOC(CC2(C(=O)NCC3CC3)CCOCC2)C1. The van der Waals surface area contributed by atoms with E-state index in [1.165, 1.54) is 12.8 Å². The summed E-state index contributed by atoms with van der Waals surface area (Å²) in [6.45, 7) is 2.06. The molecule has 1 amide bonds. The molecule has 4 rings (SSSR count). The maximum absolute atomic E-state index is 13.0. The summed E-state index contributed by atoms with van der Waals surface area (Å²) in [4.78, 5) is 18.8. The number of para-hydroxylation sites is 1. The van der Waals surface area contributed by atoms with Gasteiger partial charge >= 0.3 is 0 Å². The van der Waals surface area contributed by atoms with Crippen LogP contribution in [0.4, 0.5) is 0 Å². The van der Waals surface area contributed by atoms with Crippen molar-refractivity contribution in [1.29, 1.82) is 0 Å². The number of hydrogen-bond acceptors (Lipinski definition) is 5. The van der Waals surface area contributed by atoms with Gasteiger partial charge in [-0.15, -0.1) is 0 Å².